The highest BCUT2D eigenvalue weighted by Crippen LogP contribution is 2.33. The van der Waals surface area contributed by atoms with Crippen molar-refractivity contribution in [2.45, 2.75) is 57.4 Å². The second-order valence-corrected chi connectivity index (χ2v) is 8.14. The number of aryl methyl sites for hydroxylation is 1. The number of nitrogens with one attached hydrogen (secondary N) is 1. The fourth-order valence-electron chi connectivity index (χ4n) is 4.11. The number of carbonyl (C=O) groups is 1. The van der Waals surface area contributed by atoms with Gasteiger partial charge < -0.3 is 5.32 Å². The van der Waals surface area contributed by atoms with Crippen molar-refractivity contribution >= 4 is 5.91 Å². The zero-order valence-electron chi connectivity index (χ0n) is 16.7. The molecule has 1 aliphatic heterocycles. The Bertz CT molecular complexity index is 1030. The third kappa shape index (κ3) is 4.12. The number of rotatable bonds is 4. The first-order valence-corrected chi connectivity index (χ1v) is 9.98. The average molecular weight is 420 g/mol. The monoisotopic (exact) mass is 420 g/mol. The first-order valence-electron chi connectivity index (χ1n) is 9.98. The maximum atomic E-state index is 13.1. The summed E-state index contributed by atoms with van der Waals surface area (Å²) >= 11 is 0. The van der Waals surface area contributed by atoms with E-state index in [1.807, 2.05) is 0 Å². The van der Waals surface area contributed by atoms with Crippen LogP contribution in [0, 0.1) is 6.92 Å². The first-order chi connectivity index (χ1) is 14.1. The molecule has 1 aromatic heterocycles. The summed E-state index contributed by atoms with van der Waals surface area (Å²) in [5, 5.41) is 6.98. The van der Waals surface area contributed by atoms with E-state index in [4.69, 9.17) is 0 Å². The van der Waals surface area contributed by atoms with Gasteiger partial charge in [-0.25, -0.2) is 4.68 Å². The summed E-state index contributed by atoms with van der Waals surface area (Å²) in [5.41, 5.74) is -1.24. The fourth-order valence-corrected chi connectivity index (χ4v) is 4.11. The number of amides is 1. The molecule has 2 atom stereocenters. The van der Waals surface area contributed by atoms with E-state index in [1.54, 1.807) is 6.92 Å². The molecule has 2 unspecified atom stereocenters. The lowest BCUT2D eigenvalue weighted by atomic mass is 10.2. The molecule has 0 bridgehead atoms. The molecular formula is C21H23F3N4O2. The van der Waals surface area contributed by atoms with E-state index in [0.717, 1.165) is 25.1 Å². The van der Waals surface area contributed by atoms with Crippen molar-refractivity contribution in [1.82, 2.24) is 20.0 Å². The Balaban J connectivity index is 1.59. The van der Waals surface area contributed by atoms with Crippen LogP contribution in [0.1, 0.15) is 47.9 Å². The van der Waals surface area contributed by atoms with Crippen LogP contribution in [0.3, 0.4) is 0 Å². The minimum atomic E-state index is -4.50. The summed E-state index contributed by atoms with van der Waals surface area (Å²) in [6.45, 7) is 4.41. The van der Waals surface area contributed by atoms with Crippen LogP contribution in [-0.4, -0.2) is 45.3 Å². The molecule has 2 fully saturated rings. The standard InChI is InChI=1S/C21H23F3N4O2/c1-12-8-15(11-27(12)16-6-7-16)25-20(30)19-18(29)9-13(2)28(26-19)17-5-3-4-14(10-17)21(22,23)24/h3-5,9-10,12,15-16H,6-8,11H2,1-2H3,(H,25,30). The van der Waals surface area contributed by atoms with Crippen LogP contribution in [0.2, 0.25) is 0 Å². The van der Waals surface area contributed by atoms with Crippen LogP contribution in [0.5, 0.6) is 0 Å². The summed E-state index contributed by atoms with van der Waals surface area (Å²) < 4.78 is 40.4. The minimum absolute atomic E-state index is 0.0855. The molecule has 0 spiro atoms. The second kappa shape index (κ2) is 7.54. The van der Waals surface area contributed by atoms with Gasteiger partial charge in [0, 0.05) is 36.4 Å². The van der Waals surface area contributed by atoms with Crippen molar-refractivity contribution in [2.24, 2.45) is 0 Å². The van der Waals surface area contributed by atoms with Crippen molar-refractivity contribution in [3.05, 3.63) is 57.5 Å². The predicted octanol–water partition coefficient (Wildman–Crippen LogP) is 2.91. The van der Waals surface area contributed by atoms with Gasteiger partial charge in [-0.15, -0.1) is 0 Å². The summed E-state index contributed by atoms with van der Waals surface area (Å²) in [6.07, 6.45) is -1.37. The molecule has 2 heterocycles. The largest absolute Gasteiger partial charge is 0.416 e. The number of hydrogen-bond acceptors (Lipinski definition) is 4. The molecule has 2 aromatic rings. The molecule has 2 aliphatic rings. The molecule has 6 nitrogen and oxygen atoms in total. The topological polar surface area (TPSA) is 67.2 Å². The Hall–Kier alpha value is -2.68. The van der Waals surface area contributed by atoms with Crippen LogP contribution in [-0.2, 0) is 6.18 Å². The zero-order valence-corrected chi connectivity index (χ0v) is 16.7. The van der Waals surface area contributed by atoms with Gasteiger partial charge in [-0.1, -0.05) is 6.07 Å². The molecule has 1 saturated heterocycles. The van der Waals surface area contributed by atoms with Gasteiger partial charge in [0.25, 0.3) is 5.91 Å². The van der Waals surface area contributed by atoms with E-state index in [0.29, 0.717) is 17.8 Å². The Kier molecular flexibility index (Phi) is 5.17. The molecule has 30 heavy (non-hydrogen) atoms. The highest BCUT2D eigenvalue weighted by Gasteiger charge is 2.39. The summed E-state index contributed by atoms with van der Waals surface area (Å²) in [6, 6.07) is 6.69. The number of hydrogen-bond donors (Lipinski definition) is 1. The second-order valence-electron chi connectivity index (χ2n) is 8.14. The smallest absolute Gasteiger partial charge is 0.346 e. The van der Waals surface area contributed by atoms with Crippen LogP contribution >= 0.6 is 0 Å². The number of benzene rings is 1. The Morgan fingerprint density at radius 1 is 1.23 bits per heavy atom. The van der Waals surface area contributed by atoms with Crippen LogP contribution in [0.15, 0.2) is 35.1 Å². The maximum absolute atomic E-state index is 13.1. The van der Waals surface area contributed by atoms with Crippen molar-refractivity contribution < 1.29 is 18.0 Å². The van der Waals surface area contributed by atoms with Crippen molar-refractivity contribution in [1.29, 1.82) is 0 Å². The number of likely N-dealkylation sites (tertiary alicyclic amines) is 1. The van der Waals surface area contributed by atoms with Gasteiger partial charge in [-0.3, -0.25) is 14.5 Å². The van der Waals surface area contributed by atoms with Crippen molar-refractivity contribution in [2.75, 3.05) is 6.54 Å². The van der Waals surface area contributed by atoms with Crippen LogP contribution in [0.25, 0.3) is 5.69 Å². The van der Waals surface area contributed by atoms with Gasteiger partial charge in [0.1, 0.15) is 0 Å². The number of aromatic nitrogens is 2. The van der Waals surface area contributed by atoms with Gasteiger partial charge in [0.15, 0.2) is 5.69 Å². The lowest BCUT2D eigenvalue weighted by molar-refractivity contribution is -0.137. The average Bonchev–Trinajstić information content (AvgIpc) is 3.44. The van der Waals surface area contributed by atoms with Gasteiger partial charge in [0.05, 0.1) is 11.3 Å². The number of carbonyl (C=O) groups excluding carboxylic acids is 1. The molecule has 1 aliphatic carbocycles. The van der Waals surface area contributed by atoms with Gasteiger partial charge >= 0.3 is 6.18 Å². The molecule has 160 valence electrons. The van der Waals surface area contributed by atoms with E-state index >= 15 is 0 Å². The summed E-state index contributed by atoms with van der Waals surface area (Å²) in [5.74, 6) is -0.601. The fraction of sp³-hybridized carbons (Fsp3) is 0.476. The first kappa shape index (κ1) is 20.6. The Labute approximate surface area is 171 Å². The minimum Gasteiger partial charge on any atom is -0.346 e. The van der Waals surface area contributed by atoms with E-state index in [9.17, 15) is 22.8 Å². The highest BCUT2D eigenvalue weighted by molar-refractivity contribution is 5.92. The SMILES string of the molecule is Cc1cc(=O)c(C(=O)NC2CC(C)N(C3CC3)C2)nn1-c1cccc(C(F)(F)F)c1. The Morgan fingerprint density at radius 2 is 1.97 bits per heavy atom. The molecule has 1 amide bonds. The number of halogens is 3. The van der Waals surface area contributed by atoms with Gasteiger partial charge in [0.2, 0.25) is 5.43 Å². The molecular weight excluding hydrogens is 397 g/mol. The van der Waals surface area contributed by atoms with E-state index in [-0.39, 0.29) is 17.4 Å². The molecule has 1 N–H and O–H groups in total. The van der Waals surface area contributed by atoms with E-state index < -0.39 is 23.1 Å². The normalized spacial score (nSPS) is 22.3. The maximum Gasteiger partial charge on any atom is 0.416 e. The molecule has 4 rings (SSSR count). The molecule has 0 radical (unpaired) electrons. The summed E-state index contributed by atoms with van der Waals surface area (Å²) in [7, 11) is 0. The third-order valence-corrected chi connectivity index (χ3v) is 5.71. The quantitative estimate of drug-likeness (QED) is 0.826. The lowest BCUT2D eigenvalue weighted by Gasteiger charge is -2.19. The zero-order chi connectivity index (χ0) is 21.6. The molecule has 1 aromatic carbocycles. The molecule has 1 saturated carbocycles. The van der Waals surface area contributed by atoms with Gasteiger partial charge in [-0.05, 0) is 51.3 Å². The van der Waals surface area contributed by atoms with E-state index in [1.165, 1.54) is 35.7 Å². The van der Waals surface area contributed by atoms with Crippen LogP contribution in [0.4, 0.5) is 13.2 Å². The lowest BCUT2D eigenvalue weighted by Crippen LogP contribution is -2.40. The van der Waals surface area contributed by atoms with Gasteiger partial charge in [-0.2, -0.15) is 18.3 Å². The third-order valence-electron chi connectivity index (χ3n) is 5.71. The molecule has 9 heteroatoms. The summed E-state index contributed by atoms with van der Waals surface area (Å²) in [4.78, 5) is 27.5. The van der Waals surface area contributed by atoms with Crippen molar-refractivity contribution in [3.63, 3.8) is 0 Å². The predicted molar refractivity (Wildman–Crippen MR) is 105 cm³/mol. The number of nitrogens with zero attached hydrogens (tertiary/aromatic N) is 3. The van der Waals surface area contributed by atoms with E-state index in [2.05, 4.69) is 22.2 Å². The highest BCUT2D eigenvalue weighted by atomic mass is 19.4. The van der Waals surface area contributed by atoms with Crippen LogP contribution < -0.4 is 10.7 Å². The van der Waals surface area contributed by atoms with Crippen molar-refractivity contribution in [3.8, 4) is 5.69 Å². The number of alkyl halides is 3. The Morgan fingerprint density at radius 3 is 2.63 bits per heavy atom.